The van der Waals surface area contributed by atoms with E-state index in [2.05, 4.69) is 208 Å². The SMILES string of the molecule is CCC1(CC)c2ccccc2-c2c1cc1ccccc1c2N(c1ccc(-c2ccccc2-c2ccccc2)cc1)c1ccc(-c2ccccc2)c(C)c1. The first kappa shape index (κ1) is 32.7. The Morgan fingerprint density at radius 1 is 0.434 bits per heavy atom. The van der Waals surface area contributed by atoms with Crippen LogP contribution in [-0.2, 0) is 5.41 Å². The van der Waals surface area contributed by atoms with Crippen molar-refractivity contribution in [1.82, 2.24) is 0 Å². The average molecular weight is 682 g/mol. The third-order valence-corrected chi connectivity index (χ3v) is 11.7. The maximum Gasteiger partial charge on any atom is 0.0621 e. The highest BCUT2D eigenvalue weighted by molar-refractivity contribution is 6.10. The van der Waals surface area contributed by atoms with Gasteiger partial charge >= 0.3 is 0 Å². The number of anilines is 3. The van der Waals surface area contributed by atoms with Crippen LogP contribution in [0, 0.1) is 6.92 Å². The smallest absolute Gasteiger partial charge is 0.0621 e. The molecule has 1 aliphatic rings. The van der Waals surface area contributed by atoms with Crippen molar-refractivity contribution in [2.45, 2.75) is 39.0 Å². The number of benzene rings is 8. The van der Waals surface area contributed by atoms with Gasteiger partial charge in [0.1, 0.15) is 0 Å². The monoisotopic (exact) mass is 681 g/mol. The van der Waals surface area contributed by atoms with E-state index in [1.165, 1.54) is 77.7 Å². The highest BCUT2D eigenvalue weighted by atomic mass is 15.1. The minimum Gasteiger partial charge on any atom is -0.309 e. The van der Waals surface area contributed by atoms with Gasteiger partial charge in [0.2, 0.25) is 0 Å². The van der Waals surface area contributed by atoms with E-state index in [-0.39, 0.29) is 5.41 Å². The summed E-state index contributed by atoms with van der Waals surface area (Å²) in [5.74, 6) is 0. The summed E-state index contributed by atoms with van der Waals surface area (Å²) in [5.41, 5.74) is 17.7. The molecular formula is C52H43N. The van der Waals surface area contributed by atoms with Crippen LogP contribution in [0.4, 0.5) is 17.1 Å². The van der Waals surface area contributed by atoms with Crippen molar-refractivity contribution in [3.05, 3.63) is 199 Å². The van der Waals surface area contributed by atoms with Gasteiger partial charge in [-0.15, -0.1) is 0 Å². The van der Waals surface area contributed by atoms with Gasteiger partial charge in [0, 0.05) is 27.7 Å². The largest absolute Gasteiger partial charge is 0.309 e. The summed E-state index contributed by atoms with van der Waals surface area (Å²) in [4.78, 5) is 2.54. The lowest BCUT2D eigenvalue weighted by Crippen LogP contribution is -2.23. The molecule has 8 aromatic rings. The van der Waals surface area contributed by atoms with E-state index >= 15 is 0 Å². The molecule has 0 aliphatic heterocycles. The molecule has 0 unspecified atom stereocenters. The van der Waals surface area contributed by atoms with E-state index in [0.29, 0.717) is 0 Å². The Bertz CT molecular complexity index is 2580. The molecule has 8 aromatic carbocycles. The Kier molecular flexibility index (Phi) is 8.28. The van der Waals surface area contributed by atoms with Crippen molar-refractivity contribution >= 4 is 27.8 Å². The lowest BCUT2D eigenvalue weighted by molar-refractivity contribution is 0.491. The van der Waals surface area contributed by atoms with Crippen LogP contribution in [0.1, 0.15) is 43.4 Å². The number of hydrogen-bond donors (Lipinski definition) is 0. The molecule has 9 rings (SSSR count). The molecule has 0 spiro atoms. The van der Waals surface area contributed by atoms with Gasteiger partial charge in [-0.2, -0.15) is 0 Å². The molecule has 53 heavy (non-hydrogen) atoms. The topological polar surface area (TPSA) is 3.24 Å². The first-order valence-corrected chi connectivity index (χ1v) is 19.0. The molecule has 0 amide bonds. The minimum atomic E-state index is -0.0472. The van der Waals surface area contributed by atoms with Crippen molar-refractivity contribution in [3.63, 3.8) is 0 Å². The molecule has 0 N–H and O–H groups in total. The third kappa shape index (κ3) is 5.39. The van der Waals surface area contributed by atoms with Crippen molar-refractivity contribution in [1.29, 1.82) is 0 Å². The molecular weight excluding hydrogens is 639 g/mol. The van der Waals surface area contributed by atoms with Gasteiger partial charge in [-0.25, -0.2) is 0 Å². The van der Waals surface area contributed by atoms with Gasteiger partial charge in [0.05, 0.1) is 5.69 Å². The zero-order valence-electron chi connectivity index (χ0n) is 30.7. The Morgan fingerprint density at radius 2 is 0.962 bits per heavy atom. The van der Waals surface area contributed by atoms with Crippen LogP contribution in [-0.4, -0.2) is 0 Å². The van der Waals surface area contributed by atoms with Gasteiger partial charge < -0.3 is 4.90 Å². The van der Waals surface area contributed by atoms with E-state index in [4.69, 9.17) is 0 Å². The van der Waals surface area contributed by atoms with Crippen LogP contribution in [0.25, 0.3) is 55.3 Å². The Labute approximate surface area is 313 Å². The van der Waals surface area contributed by atoms with E-state index in [1.54, 1.807) is 0 Å². The van der Waals surface area contributed by atoms with Crippen LogP contribution >= 0.6 is 0 Å². The van der Waals surface area contributed by atoms with Crippen molar-refractivity contribution in [2.75, 3.05) is 4.90 Å². The second kappa shape index (κ2) is 13.4. The Morgan fingerprint density at radius 3 is 1.60 bits per heavy atom. The summed E-state index contributed by atoms with van der Waals surface area (Å²) in [5, 5.41) is 2.53. The van der Waals surface area contributed by atoms with Crippen LogP contribution in [0.3, 0.4) is 0 Å². The predicted molar refractivity (Wildman–Crippen MR) is 226 cm³/mol. The number of nitrogens with zero attached hydrogens (tertiary/aromatic N) is 1. The normalized spacial score (nSPS) is 12.7. The second-order valence-corrected chi connectivity index (χ2v) is 14.4. The fraction of sp³-hybridized carbons (Fsp3) is 0.115. The molecule has 0 heterocycles. The molecule has 0 radical (unpaired) electrons. The molecule has 256 valence electrons. The van der Waals surface area contributed by atoms with Crippen molar-refractivity contribution in [3.8, 4) is 44.5 Å². The summed E-state index contributed by atoms with van der Waals surface area (Å²) in [6.07, 6.45) is 2.09. The quantitative estimate of drug-likeness (QED) is 0.154. The van der Waals surface area contributed by atoms with Crippen LogP contribution in [0.5, 0.6) is 0 Å². The second-order valence-electron chi connectivity index (χ2n) is 14.4. The maximum atomic E-state index is 2.54. The van der Waals surface area contributed by atoms with E-state index in [1.807, 2.05) is 0 Å². The number of hydrogen-bond acceptors (Lipinski definition) is 1. The fourth-order valence-electron chi connectivity index (χ4n) is 9.02. The summed E-state index contributed by atoms with van der Waals surface area (Å²) >= 11 is 0. The molecule has 1 heteroatoms. The maximum absolute atomic E-state index is 2.54. The molecule has 0 atom stereocenters. The summed E-state index contributed by atoms with van der Waals surface area (Å²) in [6.45, 7) is 6.97. The van der Waals surface area contributed by atoms with Crippen LogP contribution < -0.4 is 4.90 Å². The summed E-state index contributed by atoms with van der Waals surface area (Å²) in [6, 6.07) is 67.1. The lowest BCUT2D eigenvalue weighted by Gasteiger charge is -2.33. The first-order valence-electron chi connectivity index (χ1n) is 19.0. The van der Waals surface area contributed by atoms with Crippen molar-refractivity contribution in [2.24, 2.45) is 0 Å². The van der Waals surface area contributed by atoms with Gasteiger partial charge in [-0.3, -0.25) is 0 Å². The highest BCUT2D eigenvalue weighted by Crippen LogP contribution is 2.59. The van der Waals surface area contributed by atoms with Crippen molar-refractivity contribution < 1.29 is 0 Å². The molecule has 0 saturated carbocycles. The summed E-state index contributed by atoms with van der Waals surface area (Å²) in [7, 11) is 0. The van der Waals surface area contributed by atoms with E-state index < -0.39 is 0 Å². The fourth-order valence-corrected chi connectivity index (χ4v) is 9.02. The van der Waals surface area contributed by atoms with E-state index in [0.717, 1.165) is 24.2 Å². The standard InChI is InChI=1S/C52H43N/c1-4-52(5-2)48-27-17-16-26-47(48)50-49(52)35-40-22-12-13-25-46(40)51(50)53(42-32-33-43(36(3)34-42)37-18-8-6-9-19-37)41-30-28-39(29-31-41)45-24-15-14-23-44(45)38-20-10-7-11-21-38/h6-35H,4-5H2,1-3H3. The minimum absolute atomic E-state index is 0.0472. The van der Waals surface area contributed by atoms with E-state index in [9.17, 15) is 0 Å². The van der Waals surface area contributed by atoms with Crippen LogP contribution in [0.2, 0.25) is 0 Å². The zero-order valence-corrected chi connectivity index (χ0v) is 30.7. The molecule has 1 aliphatic carbocycles. The van der Waals surface area contributed by atoms with Gasteiger partial charge in [-0.1, -0.05) is 166 Å². The summed E-state index contributed by atoms with van der Waals surface area (Å²) < 4.78 is 0. The zero-order chi connectivity index (χ0) is 35.9. The third-order valence-electron chi connectivity index (χ3n) is 11.7. The first-order chi connectivity index (χ1) is 26.1. The average Bonchev–Trinajstić information content (AvgIpc) is 3.51. The van der Waals surface area contributed by atoms with Gasteiger partial charge in [0.15, 0.2) is 0 Å². The molecule has 0 fully saturated rings. The highest BCUT2D eigenvalue weighted by Gasteiger charge is 2.43. The lowest BCUT2D eigenvalue weighted by atomic mass is 9.73. The van der Waals surface area contributed by atoms with Gasteiger partial charge in [0.25, 0.3) is 0 Å². The Hall–Kier alpha value is -6.18. The molecule has 1 nitrogen and oxygen atoms in total. The molecule has 0 saturated heterocycles. The number of fused-ring (bicyclic) bond motifs is 4. The number of aryl methyl sites for hydroxylation is 1. The van der Waals surface area contributed by atoms with Crippen LogP contribution in [0.15, 0.2) is 182 Å². The Balaban J connectivity index is 1.30. The molecule has 0 aromatic heterocycles. The van der Waals surface area contributed by atoms with Gasteiger partial charge in [-0.05, 0) is 111 Å². The number of rotatable bonds is 8. The predicted octanol–water partition coefficient (Wildman–Crippen LogP) is 14.7. The molecule has 0 bridgehead atoms.